The number of allylic oxidation sites excluding steroid dienone is 2. The van der Waals surface area contributed by atoms with Crippen molar-refractivity contribution < 1.29 is 23.7 Å². The van der Waals surface area contributed by atoms with E-state index in [9.17, 15) is 19.2 Å². The summed E-state index contributed by atoms with van der Waals surface area (Å²) in [5.74, 6) is 0.143. The SMILES string of the molecule is C/C(=C(\C=N)NC(=O)Nc1cnc(-c2noc(CN3CCN(c4ccc5c(c4)CN(C4CCC(=O)NC4=O)C5=O)CC3)n2)c(Cl)c1)C1CCCC1. The number of carbonyl (C=O) groups excluding carboxylic acids is 4. The second-order valence-corrected chi connectivity index (χ2v) is 13.8. The summed E-state index contributed by atoms with van der Waals surface area (Å²) < 4.78 is 5.53. The highest BCUT2D eigenvalue weighted by Gasteiger charge is 2.39. The normalized spacial score (nSPS) is 20.3. The monoisotopic (exact) mass is 714 g/mol. The van der Waals surface area contributed by atoms with Crippen LogP contribution in [0.4, 0.5) is 16.2 Å². The lowest BCUT2D eigenvalue weighted by Crippen LogP contribution is -2.52. The van der Waals surface area contributed by atoms with Crippen LogP contribution in [0.5, 0.6) is 0 Å². The van der Waals surface area contributed by atoms with E-state index in [2.05, 4.69) is 40.9 Å². The van der Waals surface area contributed by atoms with Crippen LogP contribution in [0, 0.1) is 11.3 Å². The number of halogens is 1. The molecule has 0 spiro atoms. The van der Waals surface area contributed by atoms with E-state index in [1.165, 1.54) is 12.4 Å². The zero-order valence-corrected chi connectivity index (χ0v) is 29.0. The number of hydrogen-bond acceptors (Lipinski definition) is 11. The minimum atomic E-state index is -0.638. The first-order valence-electron chi connectivity index (χ1n) is 17.2. The number of amides is 5. The smallest absolute Gasteiger partial charge is 0.323 e. The largest absolute Gasteiger partial charge is 0.369 e. The molecule has 4 aliphatic rings. The molecule has 1 atom stereocenters. The van der Waals surface area contributed by atoms with Crippen molar-refractivity contribution in [3.05, 3.63) is 63.8 Å². The second kappa shape index (κ2) is 14.6. The molecule has 16 heteroatoms. The number of nitrogens with zero attached hydrogens (tertiary/aromatic N) is 6. The van der Waals surface area contributed by atoms with Crippen LogP contribution in [0.2, 0.25) is 5.02 Å². The number of carbonyl (C=O) groups is 4. The van der Waals surface area contributed by atoms with Gasteiger partial charge in [0.25, 0.3) is 5.91 Å². The third-order valence-electron chi connectivity index (χ3n) is 10.2. The number of piperazine rings is 1. The number of imide groups is 1. The van der Waals surface area contributed by atoms with Gasteiger partial charge in [0.2, 0.25) is 23.5 Å². The molecule has 3 aromatic rings. The maximum atomic E-state index is 13.1. The molecular weight excluding hydrogens is 676 g/mol. The first kappa shape index (κ1) is 34.3. The quantitative estimate of drug-likeness (QED) is 0.185. The highest BCUT2D eigenvalue weighted by Crippen LogP contribution is 2.33. The Bertz CT molecular complexity index is 1910. The molecule has 3 fully saturated rings. The van der Waals surface area contributed by atoms with Gasteiger partial charge in [-0.15, -0.1) is 0 Å². The predicted octanol–water partition coefficient (Wildman–Crippen LogP) is 4.10. The Morgan fingerprint density at radius 1 is 1.12 bits per heavy atom. The van der Waals surface area contributed by atoms with Gasteiger partial charge in [0.05, 0.1) is 29.1 Å². The van der Waals surface area contributed by atoms with Crippen molar-refractivity contribution in [3.63, 3.8) is 0 Å². The Morgan fingerprint density at radius 2 is 1.90 bits per heavy atom. The molecule has 0 radical (unpaired) electrons. The summed E-state index contributed by atoms with van der Waals surface area (Å²) in [6.07, 6.45) is 7.66. The molecule has 7 rings (SSSR count). The number of fused-ring (bicyclic) bond motifs is 1. The molecular formula is C35H39ClN10O5. The molecule has 2 saturated heterocycles. The number of benzene rings is 1. The summed E-state index contributed by atoms with van der Waals surface area (Å²) in [4.78, 5) is 64.7. The van der Waals surface area contributed by atoms with Crippen LogP contribution in [0.1, 0.15) is 67.3 Å². The van der Waals surface area contributed by atoms with Gasteiger partial charge >= 0.3 is 6.03 Å². The maximum Gasteiger partial charge on any atom is 0.323 e. The fourth-order valence-electron chi connectivity index (χ4n) is 7.31. The lowest BCUT2D eigenvalue weighted by molar-refractivity contribution is -0.136. The van der Waals surface area contributed by atoms with E-state index in [1.807, 2.05) is 25.1 Å². The number of aromatic nitrogens is 3. The van der Waals surface area contributed by atoms with Gasteiger partial charge in [0, 0.05) is 56.6 Å². The van der Waals surface area contributed by atoms with Gasteiger partial charge in [-0.2, -0.15) is 4.98 Å². The average molecular weight is 715 g/mol. The Balaban J connectivity index is 0.914. The number of hydrogen-bond donors (Lipinski definition) is 4. The van der Waals surface area contributed by atoms with E-state index in [4.69, 9.17) is 21.5 Å². The minimum Gasteiger partial charge on any atom is -0.369 e. The molecule has 1 unspecified atom stereocenters. The van der Waals surface area contributed by atoms with Crippen LogP contribution < -0.4 is 20.9 Å². The molecule has 0 bridgehead atoms. The summed E-state index contributed by atoms with van der Waals surface area (Å²) >= 11 is 6.53. The lowest BCUT2D eigenvalue weighted by Gasteiger charge is -2.35. The standard InChI is InChI=1S/C35H39ClN10O5/c1-20(21-4-2-3-5-21)27(16-37)40-35(50)39-23-15-26(36)31(38-17-23)32-42-30(51-43-32)19-44-10-12-45(13-11-44)24-6-7-25-22(14-24)18-46(34(25)49)28-8-9-29(47)41-33(28)48/h6-7,14-17,21,28,37H,2-5,8-13,18-19H2,1H3,(H2,39,40,50)(H,41,47,48)/b27-20-,37-16?. The van der Waals surface area contributed by atoms with Crippen LogP contribution in [0.15, 0.2) is 46.3 Å². The zero-order chi connectivity index (χ0) is 35.6. The van der Waals surface area contributed by atoms with Crippen molar-refractivity contribution in [3.8, 4) is 11.5 Å². The molecule has 5 heterocycles. The Morgan fingerprint density at radius 3 is 2.63 bits per heavy atom. The summed E-state index contributed by atoms with van der Waals surface area (Å²) in [6, 6.07) is 6.23. The van der Waals surface area contributed by atoms with Crippen molar-refractivity contribution in [2.75, 3.05) is 36.4 Å². The molecule has 3 aliphatic heterocycles. The first-order valence-corrected chi connectivity index (χ1v) is 17.6. The number of anilines is 2. The average Bonchev–Trinajstić information content (AvgIpc) is 3.89. The van der Waals surface area contributed by atoms with E-state index in [1.54, 1.807) is 11.0 Å². The molecule has 4 N–H and O–H groups in total. The van der Waals surface area contributed by atoms with Crippen LogP contribution in [-0.2, 0) is 22.7 Å². The third kappa shape index (κ3) is 7.35. The molecule has 266 valence electrons. The van der Waals surface area contributed by atoms with Crippen molar-refractivity contribution in [1.29, 1.82) is 5.41 Å². The topological polar surface area (TPSA) is 190 Å². The first-order chi connectivity index (χ1) is 24.7. The number of rotatable bonds is 9. The fourth-order valence-corrected chi connectivity index (χ4v) is 7.56. The molecule has 1 saturated carbocycles. The molecule has 51 heavy (non-hydrogen) atoms. The fraction of sp³-hybridized carbons (Fsp3) is 0.429. The number of pyridine rings is 1. The Hall–Kier alpha value is -5.15. The van der Waals surface area contributed by atoms with E-state index in [-0.39, 0.29) is 29.1 Å². The van der Waals surface area contributed by atoms with Crippen LogP contribution in [0.3, 0.4) is 0 Å². The van der Waals surface area contributed by atoms with Crippen molar-refractivity contribution in [2.45, 2.75) is 64.6 Å². The van der Waals surface area contributed by atoms with Gasteiger partial charge in [-0.05, 0) is 67.5 Å². The van der Waals surface area contributed by atoms with Crippen LogP contribution in [0.25, 0.3) is 11.5 Å². The molecule has 2 aromatic heterocycles. The lowest BCUT2D eigenvalue weighted by atomic mass is 9.97. The second-order valence-electron chi connectivity index (χ2n) is 13.4. The number of piperidine rings is 1. The van der Waals surface area contributed by atoms with Crippen LogP contribution >= 0.6 is 11.6 Å². The van der Waals surface area contributed by atoms with E-state index in [0.29, 0.717) is 54.0 Å². The summed E-state index contributed by atoms with van der Waals surface area (Å²) in [7, 11) is 0. The van der Waals surface area contributed by atoms with E-state index < -0.39 is 18.0 Å². The summed E-state index contributed by atoms with van der Waals surface area (Å²) in [5.41, 5.74) is 4.69. The number of urea groups is 1. The summed E-state index contributed by atoms with van der Waals surface area (Å²) in [6.45, 7) is 5.73. The van der Waals surface area contributed by atoms with Crippen LogP contribution in [-0.4, -0.2) is 87.1 Å². The van der Waals surface area contributed by atoms with Gasteiger partial charge in [0.15, 0.2) is 0 Å². The molecule has 1 aromatic carbocycles. The maximum absolute atomic E-state index is 13.1. The van der Waals surface area contributed by atoms with Gasteiger partial charge in [-0.1, -0.05) is 29.6 Å². The van der Waals surface area contributed by atoms with Crippen molar-refractivity contribution >= 4 is 52.9 Å². The predicted molar refractivity (Wildman–Crippen MR) is 188 cm³/mol. The minimum absolute atomic E-state index is 0.183. The van der Waals surface area contributed by atoms with Gasteiger partial charge in [0.1, 0.15) is 11.7 Å². The highest BCUT2D eigenvalue weighted by atomic mass is 35.5. The van der Waals surface area contributed by atoms with E-state index >= 15 is 0 Å². The third-order valence-corrected chi connectivity index (χ3v) is 10.5. The van der Waals surface area contributed by atoms with Gasteiger partial charge in [-0.25, -0.2) is 9.78 Å². The number of nitrogens with one attached hydrogen (secondary N) is 4. The summed E-state index contributed by atoms with van der Waals surface area (Å²) in [5, 5.41) is 19.9. The molecule has 15 nitrogen and oxygen atoms in total. The zero-order valence-electron chi connectivity index (χ0n) is 28.2. The van der Waals surface area contributed by atoms with Crippen molar-refractivity contribution in [2.24, 2.45) is 5.92 Å². The Labute approximate surface area is 299 Å². The Kier molecular flexibility index (Phi) is 9.82. The molecule has 1 aliphatic carbocycles. The van der Waals surface area contributed by atoms with Gasteiger partial charge in [-0.3, -0.25) is 24.6 Å². The molecule has 5 amide bonds. The van der Waals surface area contributed by atoms with Gasteiger partial charge < -0.3 is 30.4 Å². The van der Waals surface area contributed by atoms with E-state index in [0.717, 1.165) is 68.7 Å². The highest BCUT2D eigenvalue weighted by molar-refractivity contribution is 6.33. The van der Waals surface area contributed by atoms with Crippen molar-refractivity contribution in [1.82, 2.24) is 35.6 Å².